The summed E-state index contributed by atoms with van der Waals surface area (Å²) < 4.78 is 0. The molecule has 1 heterocycles. The number of phenols is 1. The van der Waals surface area contributed by atoms with Gasteiger partial charge in [-0.25, -0.2) is 4.98 Å². The molecule has 0 aliphatic heterocycles. The Hall–Kier alpha value is -1.39. The van der Waals surface area contributed by atoms with Crippen molar-refractivity contribution in [1.29, 1.82) is 0 Å². The molecule has 2 aromatic rings. The Morgan fingerprint density at radius 3 is 2.83 bits per heavy atom. The number of rotatable bonds is 5. The van der Waals surface area contributed by atoms with Gasteiger partial charge in [-0.1, -0.05) is 12.1 Å². The summed E-state index contributed by atoms with van der Waals surface area (Å²) in [4.78, 5) is 4.49. The van der Waals surface area contributed by atoms with Crippen molar-refractivity contribution in [2.75, 3.05) is 7.05 Å². The van der Waals surface area contributed by atoms with Gasteiger partial charge in [-0.15, -0.1) is 11.3 Å². The molecular formula is C14H18N2OS. The van der Waals surface area contributed by atoms with Crippen molar-refractivity contribution in [3.05, 3.63) is 45.9 Å². The average molecular weight is 262 g/mol. The van der Waals surface area contributed by atoms with Gasteiger partial charge in [0, 0.05) is 17.8 Å². The number of hydrogen-bond acceptors (Lipinski definition) is 4. The van der Waals surface area contributed by atoms with Gasteiger partial charge < -0.3 is 10.4 Å². The van der Waals surface area contributed by atoms with Crippen LogP contribution in [0.4, 0.5) is 0 Å². The lowest BCUT2D eigenvalue weighted by atomic mass is 10.0. The van der Waals surface area contributed by atoms with Gasteiger partial charge in [-0.05, 0) is 38.1 Å². The predicted molar refractivity (Wildman–Crippen MR) is 75.2 cm³/mol. The zero-order chi connectivity index (χ0) is 13.0. The van der Waals surface area contributed by atoms with Gasteiger partial charge in [0.15, 0.2) is 0 Å². The number of nitrogens with one attached hydrogen (secondary N) is 1. The van der Waals surface area contributed by atoms with Crippen LogP contribution in [0.25, 0.3) is 0 Å². The van der Waals surface area contributed by atoms with E-state index in [0.29, 0.717) is 11.8 Å². The number of phenolic OH excluding ortho intramolecular Hbond substituents is 1. The fourth-order valence-corrected chi connectivity index (χ4v) is 2.62. The summed E-state index contributed by atoms with van der Waals surface area (Å²) in [5.41, 5.74) is 2.28. The molecule has 0 saturated heterocycles. The molecule has 3 nitrogen and oxygen atoms in total. The highest BCUT2D eigenvalue weighted by Crippen LogP contribution is 2.15. The van der Waals surface area contributed by atoms with Crippen molar-refractivity contribution in [2.45, 2.75) is 25.8 Å². The second kappa shape index (κ2) is 5.98. The highest BCUT2D eigenvalue weighted by Gasteiger charge is 2.10. The summed E-state index contributed by atoms with van der Waals surface area (Å²) in [5, 5.41) is 16.0. The van der Waals surface area contributed by atoms with E-state index in [2.05, 4.69) is 15.7 Å². The van der Waals surface area contributed by atoms with E-state index in [-0.39, 0.29) is 0 Å². The summed E-state index contributed by atoms with van der Waals surface area (Å²) in [6, 6.07) is 7.77. The molecule has 0 saturated carbocycles. The van der Waals surface area contributed by atoms with Crippen LogP contribution in [0.2, 0.25) is 0 Å². The third-order valence-electron chi connectivity index (χ3n) is 2.92. The van der Waals surface area contributed by atoms with E-state index in [9.17, 15) is 5.11 Å². The van der Waals surface area contributed by atoms with Crippen molar-refractivity contribution in [3.8, 4) is 5.75 Å². The molecule has 0 fully saturated rings. The number of likely N-dealkylation sites (N-methyl/N-ethyl adjacent to an activating group) is 1. The second-order valence-electron chi connectivity index (χ2n) is 4.42. The Kier molecular flexibility index (Phi) is 4.33. The van der Waals surface area contributed by atoms with Gasteiger partial charge in [0.05, 0.1) is 10.7 Å². The summed E-state index contributed by atoms with van der Waals surface area (Å²) in [5.74, 6) is 0.326. The molecule has 0 spiro atoms. The normalized spacial score (nSPS) is 12.6. The highest BCUT2D eigenvalue weighted by atomic mass is 32.1. The number of thiazole rings is 1. The van der Waals surface area contributed by atoms with E-state index in [4.69, 9.17) is 0 Å². The third kappa shape index (κ3) is 3.55. The van der Waals surface area contributed by atoms with Crippen molar-refractivity contribution in [1.82, 2.24) is 10.3 Å². The van der Waals surface area contributed by atoms with Crippen LogP contribution in [0.1, 0.15) is 16.3 Å². The lowest BCUT2D eigenvalue weighted by Crippen LogP contribution is -2.30. The fourth-order valence-electron chi connectivity index (χ4n) is 2.00. The van der Waals surface area contributed by atoms with Gasteiger partial charge in [0.25, 0.3) is 0 Å². The number of aromatic nitrogens is 1. The summed E-state index contributed by atoms with van der Waals surface area (Å²) in [6.45, 7) is 2.03. The lowest BCUT2D eigenvalue weighted by Gasteiger charge is -2.15. The van der Waals surface area contributed by atoms with Gasteiger partial charge in [-0.2, -0.15) is 0 Å². The zero-order valence-electron chi connectivity index (χ0n) is 10.7. The molecule has 0 bridgehead atoms. The van der Waals surface area contributed by atoms with E-state index in [1.54, 1.807) is 17.4 Å². The average Bonchev–Trinajstić information content (AvgIpc) is 2.74. The topological polar surface area (TPSA) is 45.1 Å². The van der Waals surface area contributed by atoms with Gasteiger partial charge >= 0.3 is 0 Å². The molecule has 1 aromatic heterocycles. The number of nitrogens with zero attached hydrogens (tertiary/aromatic N) is 1. The Bertz CT molecular complexity index is 510. The molecule has 96 valence electrons. The van der Waals surface area contributed by atoms with Gasteiger partial charge in [0.2, 0.25) is 0 Å². The first kappa shape index (κ1) is 13.1. The quantitative estimate of drug-likeness (QED) is 0.870. The van der Waals surface area contributed by atoms with Crippen molar-refractivity contribution >= 4 is 11.3 Å². The molecule has 2 rings (SSSR count). The van der Waals surface area contributed by atoms with E-state index in [1.807, 2.05) is 32.2 Å². The van der Waals surface area contributed by atoms with Crippen molar-refractivity contribution < 1.29 is 5.11 Å². The van der Waals surface area contributed by atoms with Crippen LogP contribution in [-0.2, 0) is 12.8 Å². The molecule has 0 amide bonds. The molecule has 1 atom stereocenters. The molecule has 4 heteroatoms. The minimum atomic E-state index is 0.326. The molecule has 0 radical (unpaired) electrons. The summed E-state index contributed by atoms with van der Waals surface area (Å²) >= 11 is 1.69. The standard InChI is InChI=1S/C14H18N2OS/c1-10-16-13(9-18-10)8-12(15-2)6-11-4-3-5-14(17)7-11/h3-5,7,9,12,15,17H,6,8H2,1-2H3. The highest BCUT2D eigenvalue weighted by molar-refractivity contribution is 7.09. The molecule has 2 N–H and O–H groups in total. The molecule has 0 aliphatic rings. The van der Waals surface area contributed by atoms with Crippen LogP contribution in [0, 0.1) is 6.92 Å². The monoisotopic (exact) mass is 262 g/mol. The number of aryl methyl sites for hydroxylation is 1. The summed E-state index contributed by atoms with van der Waals surface area (Å²) in [7, 11) is 1.96. The summed E-state index contributed by atoms with van der Waals surface area (Å²) in [6.07, 6.45) is 1.80. The number of aromatic hydroxyl groups is 1. The largest absolute Gasteiger partial charge is 0.508 e. The SMILES string of the molecule is CNC(Cc1cccc(O)c1)Cc1csc(C)n1. The van der Waals surface area contributed by atoms with Gasteiger partial charge in [0.1, 0.15) is 5.75 Å². The lowest BCUT2D eigenvalue weighted by molar-refractivity contribution is 0.473. The van der Waals surface area contributed by atoms with Crippen LogP contribution in [0.15, 0.2) is 29.6 Å². The Labute approximate surface area is 112 Å². The Morgan fingerprint density at radius 2 is 2.22 bits per heavy atom. The first-order valence-corrected chi connectivity index (χ1v) is 6.91. The maximum absolute atomic E-state index is 9.46. The molecule has 1 aromatic carbocycles. The number of benzene rings is 1. The molecule has 18 heavy (non-hydrogen) atoms. The number of hydrogen-bond donors (Lipinski definition) is 2. The van der Waals surface area contributed by atoms with E-state index >= 15 is 0 Å². The van der Waals surface area contributed by atoms with E-state index in [0.717, 1.165) is 29.1 Å². The van der Waals surface area contributed by atoms with Crippen LogP contribution in [-0.4, -0.2) is 23.2 Å². The fraction of sp³-hybridized carbons (Fsp3) is 0.357. The smallest absolute Gasteiger partial charge is 0.115 e. The zero-order valence-corrected chi connectivity index (χ0v) is 11.5. The van der Waals surface area contributed by atoms with E-state index < -0.39 is 0 Å². The molecule has 0 aliphatic carbocycles. The van der Waals surface area contributed by atoms with Crippen LogP contribution >= 0.6 is 11.3 Å². The minimum Gasteiger partial charge on any atom is -0.508 e. The second-order valence-corrected chi connectivity index (χ2v) is 5.48. The van der Waals surface area contributed by atoms with Crippen LogP contribution < -0.4 is 5.32 Å². The first-order chi connectivity index (χ1) is 8.67. The first-order valence-electron chi connectivity index (χ1n) is 6.03. The molecule has 1 unspecified atom stereocenters. The minimum absolute atomic E-state index is 0.326. The Morgan fingerprint density at radius 1 is 1.39 bits per heavy atom. The maximum atomic E-state index is 9.46. The maximum Gasteiger partial charge on any atom is 0.115 e. The van der Waals surface area contributed by atoms with Crippen LogP contribution in [0.5, 0.6) is 5.75 Å². The van der Waals surface area contributed by atoms with Gasteiger partial charge in [-0.3, -0.25) is 0 Å². The van der Waals surface area contributed by atoms with Crippen LogP contribution in [0.3, 0.4) is 0 Å². The van der Waals surface area contributed by atoms with E-state index in [1.165, 1.54) is 0 Å². The Balaban J connectivity index is 2.01. The van der Waals surface area contributed by atoms with Crippen molar-refractivity contribution in [2.24, 2.45) is 0 Å². The third-order valence-corrected chi connectivity index (χ3v) is 3.75. The molecular weight excluding hydrogens is 244 g/mol. The predicted octanol–water partition coefficient (Wildman–Crippen LogP) is 2.53. The van der Waals surface area contributed by atoms with Crippen molar-refractivity contribution in [3.63, 3.8) is 0 Å².